The van der Waals surface area contributed by atoms with Crippen LogP contribution in [0.1, 0.15) is 44.3 Å². The van der Waals surface area contributed by atoms with Crippen LogP contribution >= 0.6 is 0 Å². The second-order valence-corrected chi connectivity index (χ2v) is 6.30. The van der Waals surface area contributed by atoms with Crippen LogP contribution in [0.3, 0.4) is 0 Å². The molecule has 0 saturated carbocycles. The molecule has 0 spiro atoms. The summed E-state index contributed by atoms with van der Waals surface area (Å²) in [6, 6.07) is 25.7. The van der Waals surface area contributed by atoms with Gasteiger partial charge in [-0.25, -0.2) is 0 Å². The number of hydrogen-bond acceptors (Lipinski definition) is 2. The molecule has 130 valence electrons. The van der Waals surface area contributed by atoms with Gasteiger partial charge in [0.25, 0.3) is 5.91 Å². The van der Waals surface area contributed by atoms with E-state index in [9.17, 15) is 9.59 Å². The van der Waals surface area contributed by atoms with Crippen LogP contribution in [0.5, 0.6) is 0 Å². The maximum Gasteiger partial charge on any atom is 0.251 e. The van der Waals surface area contributed by atoms with Crippen LogP contribution < -0.4 is 5.32 Å². The number of ketones is 1. The van der Waals surface area contributed by atoms with Crippen LogP contribution in [-0.2, 0) is 0 Å². The van der Waals surface area contributed by atoms with Crippen molar-refractivity contribution in [3.05, 3.63) is 107 Å². The van der Waals surface area contributed by atoms with E-state index in [4.69, 9.17) is 0 Å². The van der Waals surface area contributed by atoms with Gasteiger partial charge in [-0.15, -0.1) is 0 Å². The fourth-order valence-corrected chi connectivity index (χ4v) is 2.81. The SMILES string of the molecule is Cc1ccc([C@H](CC(=O)c2ccccc2)NC(=O)c2ccccc2)cc1. The Balaban J connectivity index is 1.83. The average Bonchev–Trinajstić information content (AvgIpc) is 2.69. The zero-order chi connectivity index (χ0) is 18.4. The smallest absolute Gasteiger partial charge is 0.251 e. The Labute approximate surface area is 153 Å². The van der Waals surface area contributed by atoms with Crippen LogP contribution in [0.25, 0.3) is 0 Å². The number of aryl methyl sites for hydroxylation is 1. The molecule has 0 aliphatic rings. The van der Waals surface area contributed by atoms with Crippen molar-refractivity contribution >= 4 is 11.7 Å². The topological polar surface area (TPSA) is 46.2 Å². The first-order valence-electron chi connectivity index (χ1n) is 8.64. The molecule has 0 aliphatic carbocycles. The molecule has 1 amide bonds. The highest BCUT2D eigenvalue weighted by Crippen LogP contribution is 2.21. The molecule has 3 aromatic carbocycles. The molecule has 0 saturated heterocycles. The third kappa shape index (κ3) is 4.45. The van der Waals surface area contributed by atoms with Crippen LogP contribution in [0.4, 0.5) is 0 Å². The van der Waals surface area contributed by atoms with Crippen molar-refractivity contribution in [3.8, 4) is 0 Å². The third-order valence-electron chi connectivity index (χ3n) is 4.31. The Morgan fingerprint density at radius 1 is 0.769 bits per heavy atom. The lowest BCUT2D eigenvalue weighted by Crippen LogP contribution is -2.30. The van der Waals surface area contributed by atoms with Gasteiger partial charge in [0.2, 0.25) is 0 Å². The van der Waals surface area contributed by atoms with Crippen molar-refractivity contribution in [2.24, 2.45) is 0 Å². The molecule has 0 bridgehead atoms. The van der Waals surface area contributed by atoms with E-state index in [1.54, 1.807) is 24.3 Å². The van der Waals surface area contributed by atoms with Crippen LogP contribution in [-0.4, -0.2) is 11.7 Å². The Morgan fingerprint density at radius 3 is 1.88 bits per heavy atom. The summed E-state index contributed by atoms with van der Waals surface area (Å²) in [6.45, 7) is 2.01. The van der Waals surface area contributed by atoms with Gasteiger partial charge in [0.05, 0.1) is 6.04 Å². The van der Waals surface area contributed by atoms with E-state index in [0.717, 1.165) is 11.1 Å². The van der Waals surface area contributed by atoms with Crippen LogP contribution in [0.15, 0.2) is 84.9 Å². The van der Waals surface area contributed by atoms with Crippen molar-refractivity contribution in [2.75, 3.05) is 0 Å². The summed E-state index contributed by atoms with van der Waals surface area (Å²) < 4.78 is 0. The predicted molar refractivity (Wildman–Crippen MR) is 103 cm³/mol. The van der Waals surface area contributed by atoms with Crippen molar-refractivity contribution in [2.45, 2.75) is 19.4 Å². The van der Waals surface area contributed by atoms with Gasteiger partial charge in [-0.3, -0.25) is 9.59 Å². The first-order valence-corrected chi connectivity index (χ1v) is 8.64. The van der Waals surface area contributed by atoms with Gasteiger partial charge in [-0.05, 0) is 24.6 Å². The number of hydrogen-bond donors (Lipinski definition) is 1. The highest BCUT2D eigenvalue weighted by Gasteiger charge is 2.20. The molecule has 0 fully saturated rings. The number of amides is 1. The molecule has 0 heterocycles. The molecule has 0 aromatic heterocycles. The van der Waals surface area contributed by atoms with E-state index in [0.29, 0.717) is 11.1 Å². The molecule has 26 heavy (non-hydrogen) atoms. The van der Waals surface area contributed by atoms with E-state index in [1.165, 1.54) is 0 Å². The van der Waals surface area contributed by atoms with Gasteiger partial charge in [0.1, 0.15) is 0 Å². The summed E-state index contributed by atoms with van der Waals surface area (Å²) >= 11 is 0. The molecular formula is C23H21NO2. The lowest BCUT2D eigenvalue weighted by molar-refractivity contribution is 0.0912. The maximum absolute atomic E-state index is 12.7. The zero-order valence-electron chi connectivity index (χ0n) is 14.7. The largest absolute Gasteiger partial charge is 0.345 e. The van der Waals surface area contributed by atoms with Gasteiger partial charge in [-0.2, -0.15) is 0 Å². The number of rotatable bonds is 6. The number of benzene rings is 3. The van der Waals surface area contributed by atoms with Gasteiger partial charge in [0, 0.05) is 17.5 Å². The van der Waals surface area contributed by atoms with Crippen molar-refractivity contribution in [3.63, 3.8) is 0 Å². The molecule has 1 N–H and O–H groups in total. The molecule has 1 atom stereocenters. The minimum Gasteiger partial charge on any atom is -0.345 e. The second-order valence-electron chi connectivity index (χ2n) is 6.30. The second kappa shape index (κ2) is 8.26. The van der Waals surface area contributed by atoms with Gasteiger partial charge in [-0.1, -0.05) is 78.4 Å². The molecule has 0 radical (unpaired) electrons. The first-order chi connectivity index (χ1) is 12.6. The minimum atomic E-state index is -0.379. The molecule has 3 rings (SSSR count). The Morgan fingerprint density at radius 2 is 1.31 bits per heavy atom. The molecule has 3 nitrogen and oxygen atoms in total. The lowest BCUT2D eigenvalue weighted by Gasteiger charge is -2.19. The van der Waals surface area contributed by atoms with E-state index in [2.05, 4.69) is 5.32 Å². The summed E-state index contributed by atoms with van der Waals surface area (Å²) in [6.07, 6.45) is 0.214. The Kier molecular flexibility index (Phi) is 5.59. The van der Waals surface area contributed by atoms with Crippen molar-refractivity contribution in [1.29, 1.82) is 0 Å². The van der Waals surface area contributed by atoms with E-state index >= 15 is 0 Å². The van der Waals surface area contributed by atoms with Crippen molar-refractivity contribution < 1.29 is 9.59 Å². The third-order valence-corrected chi connectivity index (χ3v) is 4.31. The average molecular weight is 343 g/mol. The van der Waals surface area contributed by atoms with Gasteiger partial charge >= 0.3 is 0 Å². The number of carbonyl (C=O) groups excluding carboxylic acids is 2. The lowest BCUT2D eigenvalue weighted by atomic mass is 9.97. The maximum atomic E-state index is 12.7. The first kappa shape index (κ1) is 17.6. The van der Waals surface area contributed by atoms with Crippen molar-refractivity contribution in [1.82, 2.24) is 5.32 Å². The molecule has 3 heteroatoms. The predicted octanol–water partition coefficient (Wildman–Crippen LogP) is 4.74. The summed E-state index contributed by atoms with van der Waals surface area (Å²) in [5, 5.41) is 3.01. The Hall–Kier alpha value is -3.20. The highest BCUT2D eigenvalue weighted by molar-refractivity contribution is 5.98. The summed E-state index contributed by atoms with van der Waals surface area (Å²) in [5.74, 6) is -0.179. The van der Waals surface area contributed by atoms with E-state index in [-0.39, 0.29) is 24.2 Å². The zero-order valence-corrected chi connectivity index (χ0v) is 14.7. The molecule has 0 unspecified atom stereocenters. The minimum absolute atomic E-state index is 0.00420. The normalized spacial score (nSPS) is 11.6. The van der Waals surface area contributed by atoms with E-state index < -0.39 is 0 Å². The fraction of sp³-hybridized carbons (Fsp3) is 0.130. The Bertz CT molecular complexity index is 818. The number of carbonyl (C=O) groups is 2. The van der Waals surface area contributed by atoms with E-state index in [1.807, 2.05) is 67.6 Å². The summed E-state index contributed by atoms with van der Waals surface area (Å²) in [5.41, 5.74) is 3.29. The monoisotopic (exact) mass is 343 g/mol. The quantitative estimate of drug-likeness (QED) is 0.657. The molecular weight excluding hydrogens is 322 g/mol. The summed E-state index contributed by atoms with van der Waals surface area (Å²) in [7, 11) is 0. The fourth-order valence-electron chi connectivity index (χ4n) is 2.81. The molecule has 3 aromatic rings. The summed E-state index contributed by atoms with van der Waals surface area (Å²) in [4.78, 5) is 25.3. The number of Topliss-reactive ketones (excluding diaryl/α,β-unsaturated/α-hetero) is 1. The van der Waals surface area contributed by atoms with Crippen LogP contribution in [0.2, 0.25) is 0 Å². The van der Waals surface area contributed by atoms with Gasteiger partial charge in [0.15, 0.2) is 5.78 Å². The highest BCUT2D eigenvalue weighted by atomic mass is 16.2. The standard InChI is InChI=1S/C23H21NO2/c1-17-12-14-18(15-13-17)21(16-22(25)19-8-4-2-5-9-19)24-23(26)20-10-6-3-7-11-20/h2-15,21H,16H2,1H3,(H,24,26)/t21-/m0/s1. The number of nitrogens with one attached hydrogen (secondary N) is 1. The van der Waals surface area contributed by atoms with Gasteiger partial charge < -0.3 is 5.32 Å². The molecule has 0 aliphatic heterocycles. The van der Waals surface area contributed by atoms with Crippen LogP contribution in [0, 0.1) is 6.92 Å².